The largest absolute Gasteiger partial charge is 0.353 e. The van der Waals surface area contributed by atoms with E-state index in [4.69, 9.17) is 4.55 Å². The Bertz CT molecular complexity index is 772. The fourth-order valence-electron chi connectivity index (χ4n) is 2.37. The Labute approximate surface area is 128 Å². The van der Waals surface area contributed by atoms with Gasteiger partial charge in [-0.15, -0.1) is 0 Å². The van der Waals surface area contributed by atoms with Crippen LogP contribution in [0, 0.1) is 0 Å². The number of para-hydroxylation sites is 2. The van der Waals surface area contributed by atoms with Gasteiger partial charge in [0.2, 0.25) is 0 Å². The van der Waals surface area contributed by atoms with Crippen molar-refractivity contribution in [1.29, 1.82) is 0 Å². The van der Waals surface area contributed by atoms with Gasteiger partial charge in [-0.1, -0.05) is 36.0 Å². The van der Waals surface area contributed by atoms with Crippen molar-refractivity contribution in [3.8, 4) is 0 Å². The maximum Gasteiger partial charge on any atom is 0.264 e. The minimum Gasteiger partial charge on any atom is -0.353 e. The van der Waals surface area contributed by atoms with Gasteiger partial charge >= 0.3 is 0 Å². The van der Waals surface area contributed by atoms with Gasteiger partial charge in [0.1, 0.15) is 0 Å². The molecule has 2 aromatic rings. The number of anilines is 2. The average Bonchev–Trinajstić information content (AvgIpc) is 2.44. The molecule has 0 amide bonds. The maximum absolute atomic E-state index is 10.8. The first-order chi connectivity index (χ1) is 10.0. The summed E-state index contributed by atoms with van der Waals surface area (Å²) in [4.78, 5) is 2.32. The molecule has 3 rings (SSSR count). The number of fused-ring (bicyclic) bond motifs is 2. The van der Waals surface area contributed by atoms with E-state index in [0.717, 1.165) is 21.8 Å². The van der Waals surface area contributed by atoms with Gasteiger partial charge in [-0.05, 0) is 36.6 Å². The molecule has 1 heterocycles. The van der Waals surface area contributed by atoms with Gasteiger partial charge in [0.15, 0.2) is 0 Å². The van der Waals surface area contributed by atoms with Crippen LogP contribution in [0.25, 0.3) is 0 Å². The third-order valence-electron chi connectivity index (χ3n) is 3.33. The van der Waals surface area contributed by atoms with Crippen molar-refractivity contribution >= 4 is 33.3 Å². The van der Waals surface area contributed by atoms with Crippen LogP contribution < -0.4 is 5.32 Å². The predicted octanol–water partition coefficient (Wildman–Crippen LogP) is 3.72. The fourth-order valence-corrected chi connectivity index (χ4v) is 3.92. The van der Waals surface area contributed by atoms with Crippen LogP contribution >= 0.6 is 11.8 Å². The zero-order valence-corrected chi connectivity index (χ0v) is 12.9. The standard InChI is InChI=1S/C15H15NO3S2/c17-21(18,19)10-4-6-11-5-3-9-14-15(11)16-12-7-1-2-8-13(12)20-14/h1-3,5,7-9,16H,4,6,10H2,(H,17,18,19). The number of hydrogen-bond acceptors (Lipinski definition) is 4. The van der Waals surface area contributed by atoms with Crippen molar-refractivity contribution in [3.05, 3.63) is 48.0 Å². The lowest BCUT2D eigenvalue weighted by Crippen LogP contribution is -2.07. The van der Waals surface area contributed by atoms with Gasteiger partial charge in [-0.25, -0.2) is 0 Å². The Hall–Kier alpha value is -1.50. The second-order valence-corrected chi connectivity index (χ2v) is 7.56. The molecule has 0 bridgehead atoms. The van der Waals surface area contributed by atoms with E-state index in [2.05, 4.69) is 17.4 Å². The Morgan fingerprint density at radius 1 is 1.05 bits per heavy atom. The van der Waals surface area contributed by atoms with Crippen molar-refractivity contribution in [2.45, 2.75) is 22.6 Å². The Balaban J connectivity index is 1.83. The topological polar surface area (TPSA) is 66.4 Å². The summed E-state index contributed by atoms with van der Waals surface area (Å²) in [6.07, 6.45) is 1.02. The fraction of sp³-hybridized carbons (Fsp3) is 0.200. The highest BCUT2D eigenvalue weighted by atomic mass is 32.2. The monoisotopic (exact) mass is 321 g/mol. The molecule has 0 radical (unpaired) electrons. The molecule has 0 atom stereocenters. The first kappa shape index (κ1) is 14.4. The lowest BCUT2D eigenvalue weighted by Gasteiger charge is -2.23. The molecule has 0 aliphatic carbocycles. The Kier molecular flexibility index (Phi) is 3.93. The number of nitrogens with one attached hydrogen (secondary N) is 1. The molecule has 0 saturated carbocycles. The highest BCUT2D eigenvalue weighted by Crippen LogP contribution is 2.45. The molecule has 110 valence electrons. The predicted molar refractivity (Wildman–Crippen MR) is 85.0 cm³/mol. The molecule has 2 aromatic carbocycles. The quantitative estimate of drug-likeness (QED) is 0.717. The summed E-state index contributed by atoms with van der Waals surface area (Å²) in [6, 6.07) is 14.1. The Morgan fingerprint density at radius 2 is 1.81 bits per heavy atom. The van der Waals surface area contributed by atoms with E-state index in [1.54, 1.807) is 11.8 Å². The van der Waals surface area contributed by atoms with E-state index in [-0.39, 0.29) is 5.75 Å². The average molecular weight is 321 g/mol. The van der Waals surface area contributed by atoms with Gasteiger partial charge in [0.25, 0.3) is 10.1 Å². The molecule has 0 aromatic heterocycles. The van der Waals surface area contributed by atoms with E-state index in [0.29, 0.717) is 12.8 Å². The van der Waals surface area contributed by atoms with Gasteiger partial charge in [-0.3, -0.25) is 4.55 Å². The summed E-state index contributed by atoms with van der Waals surface area (Å²) in [5, 5.41) is 3.42. The highest BCUT2D eigenvalue weighted by molar-refractivity contribution is 7.99. The number of rotatable bonds is 4. The summed E-state index contributed by atoms with van der Waals surface area (Å²) < 4.78 is 30.4. The van der Waals surface area contributed by atoms with Gasteiger partial charge in [-0.2, -0.15) is 8.42 Å². The maximum atomic E-state index is 10.8. The van der Waals surface area contributed by atoms with Gasteiger partial charge in [0, 0.05) is 9.79 Å². The summed E-state index contributed by atoms with van der Waals surface area (Å²) in [5.41, 5.74) is 3.17. The first-order valence-electron chi connectivity index (χ1n) is 6.64. The lowest BCUT2D eigenvalue weighted by molar-refractivity contribution is 0.481. The molecule has 21 heavy (non-hydrogen) atoms. The van der Waals surface area contributed by atoms with Crippen LogP contribution in [0.5, 0.6) is 0 Å². The highest BCUT2D eigenvalue weighted by Gasteiger charge is 2.17. The van der Waals surface area contributed by atoms with Crippen LogP contribution in [0.15, 0.2) is 52.3 Å². The molecule has 0 saturated heterocycles. The van der Waals surface area contributed by atoms with Crippen LogP contribution in [-0.2, 0) is 16.5 Å². The molecule has 0 spiro atoms. The molecule has 0 fully saturated rings. The SMILES string of the molecule is O=S(=O)(O)CCCc1cccc2c1Nc1ccccc1S2. The number of aryl methyl sites for hydroxylation is 1. The van der Waals surface area contributed by atoms with E-state index in [9.17, 15) is 8.42 Å². The summed E-state index contributed by atoms with van der Waals surface area (Å²) in [5.74, 6) is -0.208. The van der Waals surface area contributed by atoms with Crippen LogP contribution in [0.1, 0.15) is 12.0 Å². The van der Waals surface area contributed by atoms with Crippen LogP contribution in [0.4, 0.5) is 11.4 Å². The van der Waals surface area contributed by atoms with Crippen LogP contribution in [-0.4, -0.2) is 18.7 Å². The molecular formula is C15H15NO3S2. The molecule has 4 nitrogen and oxygen atoms in total. The summed E-state index contributed by atoms with van der Waals surface area (Å²) >= 11 is 1.71. The molecular weight excluding hydrogens is 306 g/mol. The third kappa shape index (κ3) is 3.40. The van der Waals surface area contributed by atoms with Crippen molar-refractivity contribution < 1.29 is 13.0 Å². The first-order valence-corrected chi connectivity index (χ1v) is 9.06. The van der Waals surface area contributed by atoms with Gasteiger partial charge < -0.3 is 5.32 Å². The minimum absolute atomic E-state index is 0.208. The molecule has 1 aliphatic rings. The van der Waals surface area contributed by atoms with Crippen molar-refractivity contribution in [2.24, 2.45) is 0 Å². The zero-order chi connectivity index (χ0) is 14.9. The molecule has 2 N–H and O–H groups in total. The molecule has 6 heteroatoms. The Morgan fingerprint density at radius 3 is 2.62 bits per heavy atom. The number of hydrogen-bond donors (Lipinski definition) is 2. The lowest BCUT2D eigenvalue weighted by atomic mass is 10.1. The second kappa shape index (κ2) is 5.71. The van der Waals surface area contributed by atoms with Crippen LogP contribution in [0.3, 0.4) is 0 Å². The van der Waals surface area contributed by atoms with E-state index in [1.165, 1.54) is 4.90 Å². The molecule has 1 aliphatic heterocycles. The van der Waals surface area contributed by atoms with Crippen molar-refractivity contribution in [3.63, 3.8) is 0 Å². The third-order valence-corrected chi connectivity index (χ3v) is 5.27. The number of benzene rings is 2. The normalized spacial score (nSPS) is 13.2. The minimum atomic E-state index is -3.89. The van der Waals surface area contributed by atoms with E-state index >= 15 is 0 Å². The van der Waals surface area contributed by atoms with Crippen molar-refractivity contribution in [2.75, 3.05) is 11.1 Å². The summed E-state index contributed by atoms with van der Waals surface area (Å²) in [7, 11) is -3.89. The smallest absolute Gasteiger partial charge is 0.264 e. The van der Waals surface area contributed by atoms with E-state index in [1.807, 2.05) is 30.3 Å². The van der Waals surface area contributed by atoms with Crippen LogP contribution in [0.2, 0.25) is 0 Å². The van der Waals surface area contributed by atoms with Crippen molar-refractivity contribution in [1.82, 2.24) is 0 Å². The van der Waals surface area contributed by atoms with Gasteiger partial charge in [0.05, 0.1) is 17.1 Å². The zero-order valence-electron chi connectivity index (χ0n) is 11.2. The molecule has 0 unspecified atom stereocenters. The second-order valence-electron chi connectivity index (χ2n) is 4.90. The summed E-state index contributed by atoms with van der Waals surface area (Å²) in [6.45, 7) is 0. The van der Waals surface area contributed by atoms with E-state index < -0.39 is 10.1 Å².